The van der Waals surface area contributed by atoms with E-state index in [1.807, 2.05) is 30.3 Å². The number of amides is 2. The topological polar surface area (TPSA) is 61.9 Å². The van der Waals surface area contributed by atoms with Gasteiger partial charge in [-0.25, -0.2) is 4.39 Å². The smallest absolute Gasteiger partial charge is 0.256 e. The average Bonchev–Trinajstić information content (AvgIpc) is 3.05. The number of anilines is 2. The molecule has 1 fully saturated rings. The second kappa shape index (κ2) is 9.79. The Morgan fingerprint density at radius 1 is 1.03 bits per heavy atom. The van der Waals surface area contributed by atoms with E-state index in [1.165, 1.54) is 29.2 Å². The van der Waals surface area contributed by atoms with Gasteiger partial charge in [-0.15, -0.1) is 0 Å². The number of methoxy groups -OCH3 is 1. The summed E-state index contributed by atoms with van der Waals surface area (Å²) in [7, 11) is 1.57. The van der Waals surface area contributed by atoms with Crippen LogP contribution in [0.25, 0.3) is 0 Å². The van der Waals surface area contributed by atoms with Crippen LogP contribution >= 0.6 is 12.2 Å². The molecule has 1 saturated heterocycles. The Labute approximate surface area is 196 Å². The molecular weight excluding hydrogens is 441 g/mol. The van der Waals surface area contributed by atoms with Crippen LogP contribution in [0.15, 0.2) is 78.9 Å². The maximum Gasteiger partial charge on any atom is 0.256 e. The molecule has 0 aromatic heterocycles. The van der Waals surface area contributed by atoms with Gasteiger partial charge in [0.1, 0.15) is 17.6 Å². The zero-order chi connectivity index (χ0) is 23.4. The minimum Gasteiger partial charge on any atom is -0.497 e. The van der Waals surface area contributed by atoms with Gasteiger partial charge < -0.3 is 15.0 Å². The Kier molecular flexibility index (Phi) is 6.65. The van der Waals surface area contributed by atoms with Gasteiger partial charge in [-0.2, -0.15) is 0 Å². The summed E-state index contributed by atoms with van der Waals surface area (Å²) in [6.07, 6.45) is -0.101. The number of hydrogen-bond acceptors (Lipinski definition) is 4. The third kappa shape index (κ3) is 5.01. The molecule has 8 heteroatoms. The molecule has 1 unspecified atom stereocenters. The maximum absolute atomic E-state index is 13.4. The normalized spacial score (nSPS) is 15.6. The van der Waals surface area contributed by atoms with Gasteiger partial charge in [0.05, 0.1) is 19.2 Å². The molecule has 2 amide bonds. The molecule has 6 nitrogen and oxygen atoms in total. The summed E-state index contributed by atoms with van der Waals surface area (Å²) in [6, 6.07) is 21.3. The summed E-state index contributed by atoms with van der Waals surface area (Å²) in [5.74, 6) is -0.381. The van der Waals surface area contributed by atoms with Crippen LogP contribution in [-0.4, -0.2) is 35.0 Å². The van der Waals surface area contributed by atoms with Crippen molar-refractivity contribution in [3.8, 4) is 5.75 Å². The summed E-state index contributed by atoms with van der Waals surface area (Å²) in [5.41, 5.74) is 2.02. The monoisotopic (exact) mass is 463 g/mol. The number of hydrogen-bond donors (Lipinski definition) is 1. The van der Waals surface area contributed by atoms with E-state index in [-0.39, 0.29) is 18.2 Å². The number of carbonyl (C=O) groups excluding carboxylic acids is 2. The Bertz CT molecular complexity index is 1150. The lowest BCUT2D eigenvalue weighted by atomic mass is 10.1. The molecule has 0 spiro atoms. The van der Waals surface area contributed by atoms with E-state index in [4.69, 9.17) is 17.0 Å². The summed E-state index contributed by atoms with van der Waals surface area (Å²) in [5, 5.41) is 3.05. The highest BCUT2D eigenvalue weighted by atomic mass is 32.1. The molecule has 1 aliphatic heterocycles. The van der Waals surface area contributed by atoms with Crippen LogP contribution in [0.1, 0.15) is 12.0 Å². The average molecular weight is 464 g/mol. The van der Waals surface area contributed by atoms with Gasteiger partial charge >= 0.3 is 0 Å². The first kappa shape index (κ1) is 22.4. The van der Waals surface area contributed by atoms with E-state index in [2.05, 4.69) is 5.32 Å². The summed E-state index contributed by atoms with van der Waals surface area (Å²) in [6.45, 7) is 0.382. The van der Waals surface area contributed by atoms with Gasteiger partial charge in [0, 0.05) is 12.2 Å². The second-order valence-corrected chi connectivity index (χ2v) is 7.91. The van der Waals surface area contributed by atoms with E-state index in [9.17, 15) is 14.0 Å². The standard InChI is InChI=1S/C25H22FN3O3S/c1-32-21-13-11-20(12-14-21)29-24(31)22(15-23(30)27-19-9-7-18(26)8-10-19)28(25(29)33)16-17-5-3-2-4-6-17/h2-14,22H,15-16H2,1H3,(H,27,30). The Morgan fingerprint density at radius 2 is 1.70 bits per heavy atom. The zero-order valence-corrected chi connectivity index (χ0v) is 18.7. The van der Waals surface area contributed by atoms with Gasteiger partial charge in [0.15, 0.2) is 5.11 Å². The fourth-order valence-corrected chi connectivity index (χ4v) is 4.07. The molecule has 168 valence electrons. The fraction of sp³-hybridized carbons (Fsp3) is 0.160. The summed E-state index contributed by atoms with van der Waals surface area (Å²) in [4.78, 5) is 29.4. The van der Waals surface area contributed by atoms with Crippen LogP contribution < -0.4 is 15.0 Å². The van der Waals surface area contributed by atoms with Crippen LogP contribution in [0, 0.1) is 5.82 Å². The number of halogens is 1. The van der Waals surface area contributed by atoms with Crippen molar-refractivity contribution in [2.45, 2.75) is 19.0 Å². The molecule has 1 heterocycles. The molecule has 1 aliphatic rings. The van der Waals surface area contributed by atoms with Crippen molar-refractivity contribution in [3.05, 3.63) is 90.2 Å². The second-order valence-electron chi connectivity index (χ2n) is 7.54. The van der Waals surface area contributed by atoms with Crippen LogP contribution in [0.3, 0.4) is 0 Å². The number of thiocarbonyl (C=S) groups is 1. The fourth-order valence-electron chi connectivity index (χ4n) is 3.68. The van der Waals surface area contributed by atoms with Gasteiger partial charge in [0.25, 0.3) is 5.91 Å². The predicted molar refractivity (Wildman–Crippen MR) is 128 cm³/mol. The number of nitrogens with zero attached hydrogens (tertiary/aromatic N) is 2. The molecule has 0 radical (unpaired) electrons. The molecule has 1 N–H and O–H groups in total. The first-order chi connectivity index (χ1) is 16.0. The van der Waals surface area contributed by atoms with Crippen molar-refractivity contribution in [1.29, 1.82) is 0 Å². The summed E-state index contributed by atoms with van der Waals surface area (Å²) < 4.78 is 18.4. The minimum atomic E-state index is -0.778. The van der Waals surface area contributed by atoms with Crippen LogP contribution in [0.5, 0.6) is 5.75 Å². The molecule has 0 saturated carbocycles. The van der Waals surface area contributed by atoms with Gasteiger partial charge in [-0.3, -0.25) is 14.5 Å². The third-order valence-electron chi connectivity index (χ3n) is 5.35. The summed E-state index contributed by atoms with van der Waals surface area (Å²) >= 11 is 5.68. The van der Waals surface area contributed by atoms with Crippen molar-refractivity contribution in [3.63, 3.8) is 0 Å². The van der Waals surface area contributed by atoms with E-state index in [0.717, 1.165) is 5.56 Å². The third-order valence-corrected chi connectivity index (χ3v) is 5.77. The van der Waals surface area contributed by atoms with E-state index in [1.54, 1.807) is 36.3 Å². The van der Waals surface area contributed by atoms with E-state index >= 15 is 0 Å². The van der Waals surface area contributed by atoms with Crippen molar-refractivity contribution in [1.82, 2.24) is 4.90 Å². The number of ether oxygens (including phenoxy) is 1. The molecule has 3 aromatic carbocycles. The number of nitrogens with one attached hydrogen (secondary N) is 1. The first-order valence-electron chi connectivity index (χ1n) is 10.3. The van der Waals surface area contributed by atoms with E-state index in [0.29, 0.717) is 28.8 Å². The lowest BCUT2D eigenvalue weighted by Crippen LogP contribution is -2.37. The SMILES string of the molecule is COc1ccc(N2C(=O)C(CC(=O)Nc3ccc(F)cc3)N(Cc3ccccc3)C2=S)cc1. The number of carbonyl (C=O) groups is 2. The lowest BCUT2D eigenvalue weighted by molar-refractivity contribution is -0.124. The molecule has 4 rings (SSSR count). The van der Waals surface area contributed by atoms with Gasteiger partial charge in [-0.05, 0) is 66.3 Å². The van der Waals surface area contributed by atoms with E-state index < -0.39 is 11.9 Å². The van der Waals surface area contributed by atoms with Crippen LogP contribution in [-0.2, 0) is 16.1 Å². The largest absolute Gasteiger partial charge is 0.497 e. The Morgan fingerprint density at radius 3 is 2.33 bits per heavy atom. The molecule has 1 atom stereocenters. The van der Waals surface area contributed by atoms with Gasteiger partial charge in [-0.1, -0.05) is 30.3 Å². The maximum atomic E-state index is 13.4. The minimum absolute atomic E-state index is 0.101. The quantitative estimate of drug-likeness (QED) is 0.528. The molecule has 0 bridgehead atoms. The van der Waals surface area contributed by atoms with Crippen LogP contribution in [0.4, 0.5) is 15.8 Å². The molecule has 33 heavy (non-hydrogen) atoms. The highest BCUT2D eigenvalue weighted by Crippen LogP contribution is 2.30. The zero-order valence-electron chi connectivity index (χ0n) is 17.9. The molecule has 3 aromatic rings. The highest BCUT2D eigenvalue weighted by molar-refractivity contribution is 7.80. The van der Waals surface area contributed by atoms with Crippen molar-refractivity contribution in [2.75, 3.05) is 17.3 Å². The molecular formula is C25H22FN3O3S. The Balaban J connectivity index is 1.59. The van der Waals surface area contributed by atoms with Crippen molar-refractivity contribution in [2.24, 2.45) is 0 Å². The molecule has 0 aliphatic carbocycles. The first-order valence-corrected chi connectivity index (χ1v) is 10.7. The Hall–Kier alpha value is -3.78. The number of benzene rings is 3. The van der Waals surface area contributed by atoms with Crippen LogP contribution in [0.2, 0.25) is 0 Å². The highest BCUT2D eigenvalue weighted by Gasteiger charge is 2.44. The van der Waals surface area contributed by atoms with Gasteiger partial charge in [0.2, 0.25) is 5.91 Å². The lowest BCUT2D eigenvalue weighted by Gasteiger charge is -2.24. The van der Waals surface area contributed by atoms with Crippen molar-refractivity contribution >= 4 is 40.5 Å². The number of rotatable bonds is 7. The predicted octanol–water partition coefficient (Wildman–Crippen LogP) is 4.37. The van der Waals surface area contributed by atoms with Crippen molar-refractivity contribution < 1.29 is 18.7 Å².